The number of unbranched alkanes of at least 4 members (excludes halogenated alkanes) is 33. The van der Waals surface area contributed by atoms with Crippen molar-refractivity contribution in [3.05, 3.63) is 85.1 Å². The number of likely N-dealkylation sites (N-methyl/N-ethyl adjacent to an activating group) is 1. The number of carbonyl (C=O) groups excluding carboxylic acids is 2. The first kappa shape index (κ1) is 78.2. The van der Waals surface area contributed by atoms with E-state index in [1.165, 1.54) is 173 Å². The average molecular weight is 1150 g/mol. The lowest BCUT2D eigenvalue weighted by Crippen LogP contribution is -2.47. The molecule has 0 saturated carbocycles. The van der Waals surface area contributed by atoms with Crippen molar-refractivity contribution in [3.8, 4) is 0 Å². The van der Waals surface area contributed by atoms with Crippen LogP contribution in [0.1, 0.15) is 303 Å². The van der Waals surface area contributed by atoms with Gasteiger partial charge in [-0.25, -0.2) is 4.57 Å². The fourth-order valence-corrected chi connectivity index (χ4v) is 10.3. The van der Waals surface area contributed by atoms with E-state index < -0.39 is 20.0 Å². The lowest BCUT2D eigenvalue weighted by molar-refractivity contribution is -0.870. The number of carbonyl (C=O) groups is 2. The molecule has 1 amide bonds. The van der Waals surface area contributed by atoms with E-state index in [4.69, 9.17) is 13.8 Å². The summed E-state index contributed by atoms with van der Waals surface area (Å²) in [7, 11) is 1.47. The van der Waals surface area contributed by atoms with Crippen LogP contribution in [0.4, 0.5) is 0 Å². The van der Waals surface area contributed by atoms with Gasteiger partial charge in [-0.1, -0.05) is 273 Å². The average Bonchev–Trinajstić information content (AvgIpc) is 3.43. The fraction of sp³-hybridized carbons (Fsp3) is 0.775. The van der Waals surface area contributed by atoms with E-state index >= 15 is 0 Å². The maximum atomic E-state index is 13.6. The molecule has 0 aromatic heterocycles. The van der Waals surface area contributed by atoms with Crippen LogP contribution < -0.4 is 5.32 Å². The van der Waals surface area contributed by atoms with Crippen LogP contribution in [0.15, 0.2) is 85.1 Å². The molecule has 470 valence electrons. The molecule has 0 saturated heterocycles. The summed E-state index contributed by atoms with van der Waals surface area (Å²) in [5, 5.41) is 3.04. The van der Waals surface area contributed by atoms with Crippen molar-refractivity contribution in [2.75, 3.05) is 40.9 Å². The lowest BCUT2D eigenvalue weighted by atomic mass is 10.0. The Hall–Kier alpha value is -2.81. The Morgan fingerprint density at radius 3 is 1.21 bits per heavy atom. The van der Waals surface area contributed by atoms with E-state index in [1.807, 2.05) is 33.3 Å². The minimum Gasteiger partial charge on any atom is -0.456 e. The number of ether oxygens (including phenoxy) is 1. The van der Waals surface area contributed by atoms with Crippen molar-refractivity contribution in [3.63, 3.8) is 0 Å². The minimum atomic E-state index is -4.46. The van der Waals surface area contributed by atoms with Crippen molar-refractivity contribution in [2.24, 2.45) is 0 Å². The zero-order valence-electron chi connectivity index (χ0n) is 53.8. The lowest BCUT2D eigenvalue weighted by Gasteiger charge is -2.27. The zero-order valence-corrected chi connectivity index (χ0v) is 54.7. The number of quaternary nitrogens is 1. The summed E-state index contributed by atoms with van der Waals surface area (Å²) in [5.74, 6) is -0.538. The van der Waals surface area contributed by atoms with E-state index in [-0.39, 0.29) is 31.5 Å². The first-order valence-electron chi connectivity index (χ1n) is 33.9. The number of nitrogens with zero attached hydrogens (tertiary/aromatic N) is 1. The Labute approximate surface area is 501 Å². The molecule has 3 atom stereocenters. The topological polar surface area (TPSA) is 111 Å². The van der Waals surface area contributed by atoms with Gasteiger partial charge in [0.1, 0.15) is 19.3 Å². The highest BCUT2D eigenvalue weighted by Gasteiger charge is 2.30. The number of hydrogen-bond donors (Lipinski definition) is 2. The highest BCUT2D eigenvalue weighted by molar-refractivity contribution is 7.47. The number of hydrogen-bond acceptors (Lipinski definition) is 6. The van der Waals surface area contributed by atoms with Crippen molar-refractivity contribution >= 4 is 19.7 Å². The number of allylic oxidation sites excluding steroid dienone is 13. The van der Waals surface area contributed by atoms with E-state index in [9.17, 15) is 19.0 Å². The smallest absolute Gasteiger partial charge is 0.456 e. The van der Waals surface area contributed by atoms with Gasteiger partial charge in [0.25, 0.3) is 0 Å². The van der Waals surface area contributed by atoms with Crippen molar-refractivity contribution in [2.45, 2.75) is 315 Å². The molecule has 2 N–H and O–H groups in total. The number of esters is 1. The summed E-state index contributed by atoms with van der Waals surface area (Å²) in [6.07, 6.45) is 80.3. The number of amides is 1. The van der Waals surface area contributed by atoms with Gasteiger partial charge in [-0.3, -0.25) is 18.6 Å². The molecule has 0 bridgehead atoms. The summed E-state index contributed by atoms with van der Waals surface area (Å²) in [6, 6.07) is -0.869. The standard InChI is InChI=1S/C71H129N2O7P/c1-7-10-13-16-19-22-25-27-29-31-33-34-35-36-37-38-40-42-44-46-49-52-55-58-61-64-71(75)80-69(62-59-56-53-50-47-24-21-18-15-12-9-3)68(67-79-81(76,77)78-66-65-73(4,5)6)72-70(74)63-60-57-54-51-48-45-43-41-39-32-30-28-26-23-20-17-14-11-8-2/h11,14,20,23,27-30,39,41,45,48,59,62,68-69H,7-10,12-13,15-19,21-22,24-26,31-38,40,42-44,46-47,49-58,60-61,63-67H2,1-6H3,(H-,72,74,76,77)/p+1/b14-11-,23-20-,29-27+,30-28-,41-39-,48-45-,62-59-. The van der Waals surface area contributed by atoms with Crippen LogP contribution >= 0.6 is 7.82 Å². The second-order valence-corrected chi connectivity index (χ2v) is 25.4. The SMILES string of the molecule is CC/C=C\C/C=C\C/C=C\C/C=C\C/C=C\CCCCCC(=O)NC(COP(=O)(O)OCC[N+](C)(C)C)C(/C=C\CCCCCCCCCCC)OC(=O)CCCCCCCCCCCCCCCCC/C=C/CCCCCCCC. The highest BCUT2D eigenvalue weighted by Crippen LogP contribution is 2.43. The van der Waals surface area contributed by atoms with Crippen LogP contribution in [0.5, 0.6) is 0 Å². The number of nitrogens with one attached hydrogen (secondary N) is 1. The fourth-order valence-electron chi connectivity index (χ4n) is 9.61. The van der Waals surface area contributed by atoms with Gasteiger partial charge < -0.3 is 19.4 Å². The predicted octanol–water partition coefficient (Wildman–Crippen LogP) is 21.3. The normalized spacial score (nSPS) is 14.1. The van der Waals surface area contributed by atoms with Crippen LogP contribution in [0, 0.1) is 0 Å². The van der Waals surface area contributed by atoms with Gasteiger partial charge in [0.2, 0.25) is 5.91 Å². The van der Waals surface area contributed by atoms with Crippen LogP contribution in [0.25, 0.3) is 0 Å². The van der Waals surface area contributed by atoms with Crippen molar-refractivity contribution in [1.82, 2.24) is 5.32 Å². The quantitative estimate of drug-likeness (QED) is 0.0205. The van der Waals surface area contributed by atoms with E-state index in [1.54, 1.807) is 0 Å². The monoisotopic (exact) mass is 1150 g/mol. The van der Waals surface area contributed by atoms with Crippen LogP contribution in [-0.2, 0) is 27.9 Å². The third-order valence-electron chi connectivity index (χ3n) is 14.8. The van der Waals surface area contributed by atoms with Gasteiger partial charge >= 0.3 is 13.8 Å². The van der Waals surface area contributed by atoms with Crippen LogP contribution in [0.3, 0.4) is 0 Å². The van der Waals surface area contributed by atoms with E-state index in [0.717, 1.165) is 89.9 Å². The molecule has 0 spiro atoms. The van der Waals surface area contributed by atoms with Crippen molar-refractivity contribution in [1.29, 1.82) is 0 Å². The highest BCUT2D eigenvalue weighted by atomic mass is 31.2. The second-order valence-electron chi connectivity index (χ2n) is 24.0. The zero-order chi connectivity index (χ0) is 59.3. The molecule has 0 heterocycles. The maximum absolute atomic E-state index is 13.6. The molecule has 0 radical (unpaired) electrons. The summed E-state index contributed by atoms with van der Waals surface area (Å²) in [5.41, 5.74) is 0. The summed E-state index contributed by atoms with van der Waals surface area (Å²) < 4.78 is 30.7. The van der Waals surface area contributed by atoms with Crippen LogP contribution in [-0.4, -0.2) is 74.3 Å². The van der Waals surface area contributed by atoms with Gasteiger partial charge in [-0.05, 0) is 102 Å². The van der Waals surface area contributed by atoms with Gasteiger partial charge in [-0.2, -0.15) is 0 Å². The van der Waals surface area contributed by atoms with Crippen molar-refractivity contribution < 1.29 is 37.3 Å². The van der Waals surface area contributed by atoms with Crippen LogP contribution in [0.2, 0.25) is 0 Å². The molecule has 0 aliphatic rings. The number of phosphoric acid groups is 1. The minimum absolute atomic E-state index is 0.0310. The molecular weight excluding hydrogens is 1020 g/mol. The largest absolute Gasteiger partial charge is 0.472 e. The third-order valence-corrected chi connectivity index (χ3v) is 15.8. The molecule has 0 aromatic rings. The Kier molecular flexibility index (Phi) is 58.2. The van der Waals surface area contributed by atoms with Gasteiger partial charge in [0.05, 0.1) is 33.8 Å². The molecule has 81 heavy (non-hydrogen) atoms. The maximum Gasteiger partial charge on any atom is 0.472 e. The first-order chi connectivity index (χ1) is 39.4. The third kappa shape index (κ3) is 61.6. The van der Waals surface area contributed by atoms with Gasteiger partial charge in [-0.15, -0.1) is 0 Å². The molecule has 9 nitrogen and oxygen atoms in total. The van der Waals surface area contributed by atoms with E-state index in [2.05, 4.69) is 99.0 Å². The second kappa shape index (κ2) is 60.3. The Balaban J connectivity index is 5.10. The predicted molar refractivity (Wildman–Crippen MR) is 351 cm³/mol. The Morgan fingerprint density at radius 2 is 0.790 bits per heavy atom. The number of phosphoric ester groups is 1. The molecule has 0 aromatic carbocycles. The Morgan fingerprint density at radius 1 is 0.444 bits per heavy atom. The molecule has 0 fully saturated rings. The van der Waals surface area contributed by atoms with Gasteiger partial charge in [0, 0.05) is 12.8 Å². The summed E-state index contributed by atoms with van der Waals surface area (Å²) >= 11 is 0. The summed E-state index contributed by atoms with van der Waals surface area (Å²) in [6.45, 7) is 6.88. The molecule has 10 heteroatoms. The summed E-state index contributed by atoms with van der Waals surface area (Å²) in [4.78, 5) is 37.8. The Bertz CT molecular complexity index is 1660. The molecule has 0 rings (SSSR count). The molecular formula is C71H130N2O7P+. The molecule has 0 aliphatic heterocycles. The first-order valence-corrected chi connectivity index (χ1v) is 35.4. The van der Waals surface area contributed by atoms with E-state index in [0.29, 0.717) is 23.9 Å². The number of rotatable bonds is 61. The van der Waals surface area contributed by atoms with Gasteiger partial charge in [0.15, 0.2) is 0 Å². The molecule has 3 unspecified atom stereocenters. The molecule has 0 aliphatic carbocycles.